The molecule has 152 valence electrons. The van der Waals surface area contributed by atoms with Crippen molar-refractivity contribution in [1.29, 1.82) is 0 Å². The van der Waals surface area contributed by atoms with Crippen molar-refractivity contribution >= 4 is 34.1 Å². The molecule has 1 atom stereocenters. The number of aromatic amines is 1. The number of pyridine rings is 1. The summed E-state index contributed by atoms with van der Waals surface area (Å²) in [7, 11) is 1.91. The van der Waals surface area contributed by atoms with Gasteiger partial charge in [0.05, 0.1) is 22.2 Å². The second kappa shape index (κ2) is 7.49. The first-order chi connectivity index (χ1) is 15.1. The Kier molecular flexibility index (Phi) is 4.51. The quantitative estimate of drug-likeness (QED) is 0.433. The number of rotatable bonds is 5. The first kappa shape index (κ1) is 18.7. The van der Waals surface area contributed by atoms with Gasteiger partial charge in [0.1, 0.15) is 12.3 Å². The molecule has 0 aliphatic carbocycles. The zero-order valence-electron chi connectivity index (χ0n) is 16.6. The van der Waals surface area contributed by atoms with Gasteiger partial charge in [0.25, 0.3) is 5.91 Å². The molecule has 0 aliphatic heterocycles. The van der Waals surface area contributed by atoms with Crippen molar-refractivity contribution in [3.63, 3.8) is 0 Å². The Bertz CT molecular complexity index is 1410. The van der Waals surface area contributed by atoms with Crippen LogP contribution in [-0.4, -0.2) is 36.9 Å². The van der Waals surface area contributed by atoms with Gasteiger partial charge in [-0.3, -0.25) is 19.6 Å². The van der Waals surface area contributed by atoms with Crippen molar-refractivity contribution in [3.05, 3.63) is 78.4 Å². The van der Waals surface area contributed by atoms with E-state index in [-0.39, 0.29) is 5.82 Å². The molecule has 0 unspecified atom stereocenters. The van der Waals surface area contributed by atoms with E-state index < -0.39 is 11.9 Å². The number of hydrogen-bond donors (Lipinski definition) is 2. The lowest BCUT2D eigenvalue weighted by molar-refractivity contribution is -0.109. The van der Waals surface area contributed by atoms with E-state index in [9.17, 15) is 9.59 Å². The van der Waals surface area contributed by atoms with E-state index in [1.165, 1.54) is 0 Å². The number of aryl methyl sites for hydroxylation is 1. The lowest BCUT2D eigenvalue weighted by Gasteiger charge is -2.11. The number of imidazole rings is 1. The Labute approximate surface area is 176 Å². The summed E-state index contributed by atoms with van der Waals surface area (Å²) in [6, 6.07) is 15.9. The second-order valence-corrected chi connectivity index (χ2v) is 7.18. The summed E-state index contributed by atoms with van der Waals surface area (Å²) in [5.74, 6) is -0.468. The average molecular weight is 410 g/mol. The van der Waals surface area contributed by atoms with Gasteiger partial charge >= 0.3 is 0 Å². The first-order valence-electron chi connectivity index (χ1n) is 9.72. The van der Waals surface area contributed by atoms with Gasteiger partial charge in [-0.15, -0.1) is 0 Å². The summed E-state index contributed by atoms with van der Waals surface area (Å²) >= 11 is 0. The van der Waals surface area contributed by atoms with E-state index in [1.54, 1.807) is 24.5 Å². The Morgan fingerprint density at radius 2 is 1.77 bits per heavy atom. The summed E-state index contributed by atoms with van der Waals surface area (Å²) in [5.41, 5.74) is 4.77. The van der Waals surface area contributed by atoms with E-state index >= 15 is 0 Å². The second-order valence-electron chi connectivity index (χ2n) is 7.18. The molecule has 0 spiro atoms. The highest BCUT2D eigenvalue weighted by Crippen LogP contribution is 2.30. The summed E-state index contributed by atoms with van der Waals surface area (Å²) < 4.78 is 1.90. The number of nitrogens with zero attached hydrogens (tertiary/aromatic N) is 4. The zero-order chi connectivity index (χ0) is 21.4. The molecular formula is C23H18N6O2. The summed E-state index contributed by atoms with van der Waals surface area (Å²) in [6.07, 6.45) is 4.17. The monoisotopic (exact) mass is 410 g/mol. The number of H-pyrrole nitrogens is 1. The molecule has 0 radical (unpaired) electrons. The van der Waals surface area contributed by atoms with Gasteiger partial charge in [-0.25, -0.2) is 9.97 Å². The van der Waals surface area contributed by atoms with Gasteiger partial charge in [-0.1, -0.05) is 30.3 Å². The van der Waals surface area contributed by atoms with Crippen molar-refractivity contribution in [3.8, 4) is 11.3 Å². The topological polar surface area (TPSA) is 106 Å². The van der Waals surface area contributed by atoms with Crippen LogP contribution >= 0.6 is 0 Å². The van der Waals surface area contributed by atoms with Crippen LogP contribution in [0.2, 0.25) is 0 Å². The highest BCUT2D eigenvalue weighted by atomic mass is 16.2. The largest absolute Gasteiger partial charge is 0.336 e. The Balaban J connectivity index is 1.52. The maximum absolute atomic E-state index is 12.7. The maximum atomic E-state index is 12.7. The molecule has 2 N–H and O–H groups in total. The molecule has 0 saturated carbocycles. The molecule has 5 rings (SSSR count). The highest BCUT2D eigenvalue weighted by Gasteiger charge is 2.20. The minimum Gasteiger partial charge on any atom is -0.336 e. The number of benzene rings is 2. The molecule has 1 amide bonds. The molecule has 0 aliphatic rings. The number of aromatic nitrogens is 5. The molecule has 3 heterocycles. The predicted molar refractivity (Wildman–Crippen MR) is 116 cm³/mol. The predicted octanol–water partition coefficient (Wildman–Crippen LogP) is 3.18. The summed E-state index contributed by atoms with van der Waals surface area (Å²) in [4.78, 5) is 37.1. The SMILES string of the molecule is Cn1[nH]c(-c2ccncc2)c2cc3nc(C(=O)N[C@H](C=O)c4ccccc4)nc3cc21. The fourth-order valence-electron chi connectivity index (χ4n) is 3.67. The van der Waals surface area contributed by atoms with Gasteiger partial charge in [-0.2, -0.15) is 0 Å². The number of nitrogens with one attached hydrogen (secondary N) is 2. The van der Waals surface area contributed by atoms with E-state index in [4.69, 9.17) is 0 Å². The van der Waals surface area contributed by atoms with E-state index in [1.807, 2.05) is 54.2 Å². The molecule has 8 heteroatoms. The molecule has 0 bridgehead atoms. The third kappa shape index (κ3) is 3.33. The smallest absolute Gasteiger partial charge is 0.289 e. The highest BCUT2D eigenvalue weighted by molar-refractivity contribution is 6.03. The minimum atomic E-state index is -0.762. The number of carbonyl (C=O) groups excluding carboxylic acids is 2. The number of hydrogen-bond acceptors (Lipinski definition) is 5. The third-order valence-corrected chi connectivity index (χ3v) is 5.21. The van der Waals surface area contributed by atoms with Crippen LogP contribution in [0.5, 0.6) is 0 Å². The molecular weight excluding hydrogens is 392 g/mol. The van der Waals surface area contributed by atoms with Crippen LogP contribution in [0.25, 0.3) is 33.2 Å². The zero-order valence-corrected chi connectivity index (χ0v) is 16.6. The maximum Gasteiger partial charge on any atom is 0.289 e. The molecule has 5 aromatic rings. The lowest BCUT2D eigenvalue weighted by atomic mass is 10.1. The Hall–Kier alpha value is -4.33. The fourth-order valence-corrected chi connectivity index (χ4v) is 3.67. The number of aldehydes is 1. The molecule has 0 saturated heterocycles. The van der Waals surface area contributed by atoms with Crippen molar-refractivity contribution < 1.29 is 9.59 Å². The van der Waals surface area contributed by atoms with Crippen molar-refractivity contribution in [1.82, 2.24) is 30.0 Å². The number of carbonyl (C=O) groups is 2. The van der Waals surface area contributed by atoms with Crippen LogP contribution in [-0.2, 0) is 11.8 Å². The van der Waals surface area contributed by atoms with Crippen LogP contribution in [0.4, 0.5) is 0 Å². The fraction of sp³-hybridized carbons (Fsp3) is 0.0870. The van der Waals surface area contributed by atoms with Gasteiger partial charge in [0.15, 0.2) is 0 Å². The van der Waals surface area contributed by atoms with E-state index in [2.05, 4.69) is 25.4 Å². The first-order valence-corrected chi connectivity index (χ1v) is 9.72. The third-order valence-electron chi connectivity index (χ3n) is 5.21. The molecule has 3 aromatic heterocycles. The van der Waals surface area contributed by atoms with Crippen molar-refractivity contribution in [2.45, 2.75) is 6.04 Å². The standard InChI is InChI=1S/C23H18N6O2/c1-29-20-12-18-17(11-16(20)21(28-29)15-7-9-24-10-8-15)25-22(26-18)23(31)27-19(13-30)14-5-3-2-4-6-14/h2-13,19,28H,1H3,(H,27,31)/t19-/m1/s1. The number of amides is 1. The molecule has 0 fully saturated rings. The number of fused-ring (bicyclic) bond motifs is 2. The van der Waals surface area contributed by atoms with Gasteiger partial charge in [0, 0.05) is 30.4 Å². The molecule has 31 heavy (non-hydrogen) atoms. The van der Waals surface area contributed by atoms with Gasteiger partial charge in [0.2, 0.25) is 5.82 Å². The van der Waals surface area contributed by atoms with Gasteiger partial charge < -0.3 is 10.1 Å². The van der Waals surface area contributed by atoms with Crippen molar-refractivity contribution in [2.75, 3.05) is 0 Å². The molecule has 8 nitrogen and oxygen atoms in total. The van der Waals surface area contributed by atoms with Crippen LogP contribution in [0.15, 0.2) is 67.0 Å². The van der Waals surface area contributed by atoms with E-state index in [0.717, 1.165) is 22.2 Å². The molecule has 2 aromatic carbocycles. The normalized spacial score (nSPS) is 12.2. The summed E-state index contributed by atoms with van der Waals surface area (Å²) in [5, 5.41) is 6.99. The van der Waals surface area contributed by atoms with Crippen LogP contribution in [0, 0.1) is 0 Å². The lowest BCUT2D eigenvalue weighted by Crippen LogP contribution is -2.30. The minimum absolute atomic E-state index is 0.0301. The van der Waals surface area contributed by atoms with Crippen LogP contribution in [0.3, 0.4) is 0 Å². The van der Waals surface area contributed by atoms with Gasteiger partial charge in [-0.05, 0) is 29.8 Å². The van der Waals surface area contributed by atoms with E-state index in [0.29, 0.717) is 22.9 Å². The van der Waals surface area contributed by atoms with Crippen LogP contribution in [0.1, 0.15) is 22.2 Å². The summed E-state index contributed by atoms with van der Waals surface area (Å²) in [6.45, 7) is 0. The Morgan fingerprint density at radius 1 is 1.06 bits per heavy atom. The van der Waals surface area contributed by atoms with Crippen molar-refractivity contribution in [2.24, 2.45) is 7.05 Å². The Morgan fingerprint density at radius 3 is 2.48 bits per heavy atom. The van der Waals surface area contributed by atoms with Crippen LogP contribution < -0.4 is 5.32 Å². The average Bonchev–Trinajstić information content (AvgIpc) is 3.38.